The number of carbonyl (C=O) groups is 1. The summed E-state index contributed by atoms with van der Waals surface area (Å²) in [5.74, 6) is 1.81. The lowest BCUT2D eigenvalue weighted by Crippen LogP contribution is -2.15. The predicted molar refractivity (Wildman–Crippen MR) is 99.0 cm³/mol. The number of nitrogens with one attached hydrogen (secondary N) is 2. The maximum Gasteiger partial charge on any atom is 0.230 e. The molecule has 2 heterocycles. The van der Waals surface area contributed by atoms with Crippen molar-refractivity contribution in [2.75, 3.05) is 17.7 Å². The number of aromatic nitrogens is 2. The molecule has 2 N–H and O–H groups in total. The SMILES string of the molecule is COc1ccc(CNc2ccc(NC(=O)Cc3cccs3)nn2)cc1. The highest BCUT2D eigenvalue weighted by atomic mass is 32.1. The van der Waals surface area contributed by atoms with Crippen LogP contribution in [-0.4, -0.2) is 23.2 Å². The standard InChI is InChI=1S/C18H18N4O2S/c1-24-14-6-4-13(5-7-14)12-19-16-8-9-17(22-21-16)20-18(23)11-15-3-2-10-25-15/h2-10H,11-12H2,1H3,(H,19,21)(H,20,22,23). The van der Waals surface area contributed by atoms with Gasteiger partial charge in [-0.3, -0.25) is 4.79 Å². The van der Waals surface area contributed by atoms with E-state index in [0.717, 1.165) is 16.2 Å². The number of anilines is 2. The van der Waals surface area contributed by atoms with Gasteiger partial charge in [-0.15, -0.1) is 21.5 Å². The Balaban J connectivity index is 1.50. The van der Waals surface area contributed by atoms with Crippen LogP contribution in [0.15, 0.2) is 53.9 Å². The number of hydrogen-bond donors (Lipinski definition) is 2. The molecule has 0 aliphatic carbocycles. The van der Waals surface area contributed by atoms with E-state index in [2.05, 4.69) is 20.8 Å². The Kier molecular flexibility index (Phi) is 5.58. The molecule has 0 saturated heterocycles. The first-order chi connectivity index (χ1) is 12.2. The molecule has 7 heteroatoms. The highest BCUT2D eigenvalue weighted by Gasteiger charge is 2.06. The Morgan fingerprint density at radius 3 is 2.48 bits per heavy atom. The number of benzene rings is 1. The van der Waals surface area contributed by atoms with Crippen LogP contribution >= 0.6 is 11.3 Å². The van der Waals surface area contributed by atoms with E-state index in [1.54, 1.807) is 30.6 Å². The lowest BCUT2D eigenvalue weighted by molar-refractivity contribution is -0.115. The molecule has 0 aliphatic rings. The fourth-order valence-electron chi connectivity index (χ4n) is 2.19. The van der Waals surface area contributed by atoms with Gasteiger partial charge in [0.25, 0.3) is 0 Å². The molecule has 6 nitrogen and oxygen atoms in total. The summed E-state index contributed by atoms with van der Waals surface area (Å²) in [4.78, 5) is 12.9. The Hall–Kier alpha value is -2.93. The number of hydrogen-bond acceptors (Lipinski definition) is 6. The van der Waals surface area contributed by atoms with Crippen molar-refractivity contribution >= 4 is 28.9 Å². The van der Waals surface area contributed by atoms with Gasteiger partial charge in [-0.1, -0.05) is 18.2 Å². The highest BCUT2D eigenvalue weighted by Crippen LogP contribution is 2.14. The average molecular weight is 354 g/mol. The third-order valence-corrected chi connectivity index (χ3v) is 4.36. The zero-order valence-electron chi connectivity index (χ0n) is 13.7. The summed E-state index contributed by atoms with van der Waals surface area (Å²) < 4.78 is 5.13. The third-order valence-electron chi connectivity index (χ3n) is 3.48. The van der Waals surface area contributed by atoms with E-state index in [1.807, 2.05) is 41.8 Å². The quantitative estimate of drug-likeness (QED) is 0.680. The van der Waals surface area contributed by atoms with Gasteiger partial charge in [0.05, 0.1) is 13.5 Å². The van der Waals surface area contributed by atoms with Gasteiger partial charge in [-0.2, -0.15) is 0 Å². The van der Waals surface area contributed by atoms with Crippen LogP contribution in [0.25, 0.3) is 0 Å². The molecule has 0 saturated carbocycles. The molecule has 0 bridgehead atoms. The summed E-state index contributed by atoms with van der Waals surface area (Å²) in [5.41, 5.74) is 1.11. The summed E-state index contributed by atoms with van der Waals surface area (Å²) in [6, 6.07) is 15.2. The number of thiophene rings is 1. The number of nitrogens with zero attached hydrogens (tertiary/aromatic N) is 2. The van der Waals surface area contributed by atoms with Crippen LogP contribution < -0.4 is 15.4 Å². The Bertz CT molecular complexity index is 802. The van der Waals surface area contributed by atoms with Crippen LogP contribution in [0, 0.1) is 0 Å². The van der Waals surface area contributed by atoms with E-state index in [-0.39, 0.29) is 5.91 Å². The monoisotopic (exact) mass is 354 g/mol. The summed E-state index contributed by atoms with van der Waals surface area (Å²) in [7, 11) is 1.64. The van der Waals surface area contributed by atoms with Crippen molar-refractivity contribution in [2.24, 2.45) is 0 Å². The van der Waals surface area contributed by atoms with Crippen molar-refractivity contribution in [3.63, 3.8) is 0 Å². The Morgan fingerprint density at radius 2 is 1.84 bits per heavy atom. The highest BCUT2D eigenvalue weighted by molar-refractivity contribution is 7.10. The van der Waals surface area contributed by atoms with Crippen LogP contribution in [-0.2, 0) is 17.8 Å². The van der Waals surface area contributed by atoms with Crippen LogP contribution in [0.4, 0.5) is 11.6 Å². The minimum atomic E-state index is -0.101. The zero-order chi connectivity index (χ0) is 17.5. The number of carbonyl (C=O) groups excluding carboxylic acids is 1. The van der Waals surface area contributed by atoms with E-state index in [9.17, 15) is 4.79 Å². The smallest absolute Gasteiger partial charge is 0.230 e. The second-order valence-electron chi connectivity index (χ2n) is 5.31. The minimum absolute atomic E-state index is 0.101. The maximum atomic E-state index is 11.9. The molecule has 25 heavy (non-hydrogen) atoms. The van der Waals surface area contributed by atoms with Crippen molar-refractivity contribution in [1.82, 2.24) is 10.2 Å². The van der Waals surface area contributed by atoms with E-state index in [1.165, 1.54) is 0 Å². The molecule has 0 aliphatic heterocycles. The molecular formula is C18H18N4O2S. The van der Waals surface area contributed by atoms with Gasteiger partial charge in [0.1, 0.15) is 11.6 Å². The molecule has 1 aromatic carbocycles. The molecule has 2 aromatic heterocycles. The maximum absolute atomic E-state index is 11.9. The van der Waals surface area contributed by atoms with E-state index in [0.29, 0.717) is 24.6 Å². The Labute approximate surface area is 149 Å². The second kappa shape index (κ2) is 8.25. The van der Waals surface area contributed by atoms with Crippen LogP contribution in [0.1, 0.15) is 10.4 Å². The van der Waals surface area contributed by atoms with Crippen molar-refractivity contribution in [3.05, 3.63) is 64.4 Å². The van der Waals surface area contributed by atoms with Gasteiger partial charge in [-0.05, 0) is 41.3 Å². The lowest BCUT2D eigenvalue weighted by Gasteiger charge is -2.07. The largest absolute Gasteiger partial charge is 0.497 e. The average Bonchev–Trinajstić information content (AvgIpc) is 3.14. The molecule has 3 aromatic rings. The molecule has 0 fully saturated rings. The van der Waals surface area contributed by atoms with Crippen LogP contribution in [0.5, 0.6) is 5.75 Å². The molecule has 0 unspecified atom stereocenters. The van der Waals surface area contributed by atoms with E-state index < -0.39 is 0 Å². The van der Waals surface area contributed by atoms with Crippen molar-refractivity contribution in [2.45, 2.75) is 13.0 Å². The van der Waals surface area contributed by atoms with Crippen LogP contribution in [0.2, 0.25) is 0 Å². The summed E-state index contributed by atoms with van der Waals surface area (Å²) in [5, 5.41) is 16.0. The van der Waals surface area contributed by atoms with Gasteiger partial charge >= 0.3 is 0 Å². The van der Waals surface area contributed by atoms with Gasteiger partial charge in [0.15, 0.2) is 5.82 Å². The fourth-order valence-corrected chi connectivity index (χ4v) is 2.89. The summed E-state index contributed by atoms with van der Waals surface area (Å²) >= 11 is 1.56. The first kappa shape index (κ1) is 16.9. The van der Waals surface area contributed by atoms with Crippen molar-refractivity contribution < 1.29 is 9.53 Å². The van der Waals surface area contributed by atoms with E-state index in [4.69, 9.17) is 4.74 Å². The summed E-state index contributed by atoms with van der Waals surface area (Å²) in [6.07, 6.45) is 0.344. The number of ether oxygens (including phenoxy) is 1. The van der Waals surface area contributed by atoms with Gasteiger partial charge in [0.2, 0.25) is 5.91 Å². The molecule has 3 rings (SSSR count). The van der Waals surface area contributed by atoms with Gasteiger partial charge in [-0.25, -0.2) is 0 Å². The first-order valence-electron chi connectivity index (χ1n) is 7.76. The normalized spacial score (nSPS) is 10.3. The van der Waals surface area contributed by atoms with Crippen molar-refractivity contribution in [3.8, 4) is 5.75 Å². The first-order valence-corrected chi connectivity index (χ1v) is 8.63. The fraction of sp³-hybridized carbons (Fsp3) is 0.167. The zero-order valence-corrected chi connectivity index (χ0v) is 14.5. The molecule has 0 atom stereocenters. The molecule has 0 spiro atoms. The predicted octanol–water partition coefficient (Wildman–Crippen LogP) is 3.34. The molecule has 0 radical (unpaired) electrons. The lowest BCUT2D eigenvalue weighted by atomic mass is 10.2. The van der Waals surface area contributed by atoms with Gasteiger partial charge in [0, 0.05) is 11.4 Å². The van der Waals surface area contributed by atoms with E-state index >= 15 is 0 Å². The number of rotatable bonds is 7. The topological polar surface area (TPSA) is 76.1 Å². The Morgan fingerprint density at radius 1 is 1.08 bits per heavy atom. The minimum Gasteiger partial charge on any atom is -0.497 e. The molecule has 1 amide bonds. The number of methoxy groups -OCH3 is 1. The third kappa shape index (κ3) is 5.02. The van der Waals surface area contributed by atoms with Crippen LogP contribution in [0.3, 0.4) is 0 Å². The van der Waals surface area contributed by atoms with Gasteiger partial charge < -0.3 is 15.4 Å². The second-order valence-corrected chi connectivity index (χ2v) is 6.34. The summed E-state index contributed by atoms with van der Waals surface area (Å²) in [6.45, 7) is 0.628. The molecular weight excluding hydrogens is 336 g/mol. The molecule has 128 valence electrons. The van der Waals surface area contributed by atoms with Crippen molar-refractivity contribution in [1.29, 1.82) is 0 Å². The number of amides is 1.